The number of nitrogens with one attached hydrogen (secondary N) is 2. The molecule has 0 spiro atoms. The van der Waals surface area contributed by atoms with Gasteiger partial charge in [-0.25, -0.2) is 4.39 Å². The number of anilines is 2. The lowest BCUT2D eigenvalue weighted by Gasteiger charge is -2.18. The summed E-state index contributed by atoms with van der Waals surface area (Å²) >= 11 is 0. The number of carbonyl (C=O) groups excluding carboxylic acids is 2. The lowest BCUT2D eigenvalue weighted by Crippen LogP contribution is -2.36. The summed E-state index contributed by atoms with van der Waals surface area (Å²) in [5.41, 5.74) is 3.27. The highest BCUT2D eigenvalue weighted by molar-refractivity contribution is 6.17. The van der Waals surface area contributed by atoms with Crippen molar-refractivity contribution in [1.82, 2.24) is 0 Å². The molecule has 0 bridgehead atoms. The normalized spacial score (nSPS) is 14.7. The summed E-state index contributed by atoms with van der Waals surface area (Å²) in [4.78, 5) is 25.3. The second kappa shape index (κ2) is 6.31. The molecular formula is C20H21FN2O2. The molecular weight excluding hydrogens is 319 g/mol. The van der Waals surface area contributed by atoms with E-state index in [1.165, 1.54) is 24.3 Å². The largest absolute Gasteiger partial charge is 0.325 e. The molecule has 0 unspecified atom stereocenters. The molecule has 0 radical (unpaired) electrons. The van der Waals surface area contributed by atoms with Crippen LogP contribution in [0.25, 0.3) is 0 Å². The molecule has 3 rings (SSSR count). The number of hydrogen-bond acceptors (Lipinski definition) is 2. The first-order valence-corrected chi connectivity index (χ1v) is 8.28. The topological polar surface area (TPSA) is 58.2 Å². The highest BCUT2D eigenvalue weighted by atomic mass is 19.1. The van der Waals surface area contributed by atoms with Gasteiger partial charge < -0.3 is 10.6 Å². The molecule has 2 aromatic rings. The number of aryl methyl sites for hydroxylation is 3. The van der Waals surface area contributed by atoms with E-state index < -0.39 is 5.41 Å². The van der Waals surface area contributed by atoms with Crippen LogP contribution in [0.1, 0.15) is 29.5 Å². The van der Waals surface area contributed by atoms with Gasteiger partial charge in [0.15, 0.2) is 0 Å². The minimum absolute atomic E-state index is 0.290. The fraction of sp³-hybridized carbons (Fsp3) is 0.300. The molecule has 25 heavy (non-hydrogen) atoms. The van der Waals surface area contributed by atoms with Gasteiger partial charge in [0.05, 0.1) is 0 Å². The Balaban J connectivity index is 1.75. The van der Waals surface area contributed by atoms with Gasteiger partial charge in [-0.2, -0.15) is 0 Å². The Labute approximate surface area is 146 Å². The smallest absolute Gasteiger partial charge is 0.240 e. The highest BCUT2D eigenvalue weighted by Crippen LogP contribution is 2.47. The van der Waals surface area contributed by atoms with Crippen molar-refractivity contribution in [2.45, 2.75) is 33.6 Å². The van der Waals surface area contributed by atoms with Crippen molar-refractivity contribution in [2.75, 3.05) is 10.6 Å². The standard InChI is InChI=1S/C20H21FN2O2/c1-12-10-13(2)17(14(3)11-12)23-19(25)20(8-9-20)18(24)22-16-6-4-15(21)5-7-16/h4-7,10-11H,8-9H2,1-3H3,(H,22,24)(H,23,25). The van der Waals surface area contributed by atoms with Crippen LogP contribution in [-0.4, -0.2) is 11.8 Å². The van der Waals surface area contributed by atoms with Gasteiger partial charge in [-0.15, -0.1) is 0 Å². The summed E-state index contributed by atoms with van der Waals surface area (Å²) in [7, 11) is 0. The molecule has 1 aliphatic rings. The molecule has 1 aliphatic carbocycles. The summed E-state index contributed by atoms with van der Waals surface area (Å²) in [6, 6.07) is 9.51. The number of rotatable bonds is 4. The molecule has 0 aromatic heterocycles. The van der Waals surface area contributed by atoms with Crippen LogP contribution in [0.3, 0.4) is 0 Å². The van der Waals surface area contributed by atoms with Gasteiger partial charge in [-0.05, 0) is 69.0 Å². The van der Waals surface area contributed by atoms with E-state index in [0.717, 1.165) is 22.4 Å². The average Bonchev–Trinajstić information content (AvgIpc) is 3.34. The second-order valence-corrected chi connectivity index (χ2v) is 6.77. The molecule has 130 valence electrons. The monoisotopic (exact) mass is 340 g/mol. The Bertz CT molecular complexity index is 816. The molecule has 5 heteroatoms. The quantitative estimate of drug-likeness (QED) is 0.823. The third-order valence-corrected chi connectivity index (χ3v) is 4.64. The Morgan fingerprint density at radius 1 is 0.920 bits per heavy atom. The summed E-state index contributed by atoms with van der Waals surface area (Å²) in [6.07, 6.45) is 1.02. The van der Waals surface area contributed by atoms with Crippen molar-refractivity contribution in [2.24, 2.45) is 5.41 Å². The minimum Gasteiger partial charge on any atom is -0.325 e. The Kier molecular flexibility index (Phi) is 4.33. The Hall–Kier alpha value is -2.69. The van der Waals surface area contributed by atoms with Gasteiger partial charge >= 0.3 is 0 Å². The van der Waals surface area contributed by atoms with E-state index in [1.54, 1.807) is 0 Å². The van der Waals surface area contributed by atoms with Crippen molar-refractivity contribution >= 4 is 23.2 Å². The maximum Gasteiger partial charge on any atom is 0.240 e. The average molecular weight is 340 g/mol. The molecule has 0 aliphatic heterocycles. The zero-order chi connectivity index (χ0) is 18.2. The SMILES string of the molecule is Cc1cc(C)c(NC(=O)C2(C(=O)Nc3ccc(F)cc3)CC2)c(C)c1. The first-order chi connectivity index (χ1) is 11.8. The lowest BCUT2D eigenvalue weighted by molar-refractivity contribution is -0.131. The van der Waals surface area contributed by atoms with E-state index in [0.29, 0.717) is 18.5 Å². The van der Waals surface area contributed by atoms with Gasteiger partial charge in [0.25, 0.3) is 0 Å². The Morgan fingerprint density at radius 3 is 1.96 bits per heavy atom. The zero-order valence-electron chi connectivity index (χ0n) is 14.6. The molecule has 0 saturated heterocycles. The van der Waals surface area contributed by atoms with Crippen LogP contribution in [0.15, 0.2) is 36.4 Å². The van der Waals surface area contributed by atoms with E-state index in [-0.39, 0.29) is 17.6 Å². The number of amides is 2. The van der Waals surface area contributed by atoms with Gasteiger partial charge in [0, 0.05) is 11.4 Å². The van der Waals surface area contributed by atoms with Gasteiger partial charge in [0.2, 0.25) is 11.8 Å². The number of hydrogen-bond donors (Lipinski definition) is 2. The zero-order valence-corrected chi connectivity index (χ0v) is 14.6. The van der Waals surface area contributed by atoms with Crippen LogP contribution >= 0.6 is 0 Å². The van der Waals surface area contributed by atoms with Crippen molar-refractivity contribution < 1.29 is 14.0 Å². The van der Waals surface area contributed by atoms with Crippen LogP contribution in [0, 0.1) is 32.0 Å². The van der Waals surface area contributed by atoms with E-state index in [4.69, 9.17) is 0 Å². The fourth-order valence-electron chi connectivity index (χ4n) is 3.08. The summed E-state index contributed by atoms with van der Waals surface area (Å²) in [5.74, 6) is -1.01. The van der Waals surface area contributed by atoms with Crippen molar-refractivity contribution in [3.05, 3.63) is 58.9 Å². The van der Waals surface area contributed by atoms with Crippen molar-refractivity contribution in [3.8, 4) is 0 Å². The number of benzene rings is 2. The predicted molar refractivity (Wildman–Crippen MR) is 96.0 cm³/mol. The highest BCUT2D eigenvalue weighted by Gasteiger charge is 2.56. The number of halogens is 1. The maximum atomic E-state index is 13.0. The molecule has 1 saturated carbocycles. The summed E-state index contributed by atoms with van der Waals surface area (Å²) in [5, 5.41) is 5.64. The summed E-state index contributed by atoms with van der Waals surface area (Å²) < 4.78 is 13.0. The van der Waals surface area contributed by atoms with E-state index in [9.17, 15) is 14.0 Å². The third kappa shape index (κ3) is 3.40. The molecule has 0 heterocycles. The molecule has 1 fully saturated rings. The molecule has 2 N–H and O–H groups in total. The summed E-state index contributed by atoms with van der Waals surface area (Å²) in [6.45, 7) is 5.88. The fourth-order valence-corrected chi connectivity index (χ4v) is 3.08. The van der Waals surface area contributed by atoms with Gasteiger partial charge in [-0.3, -0.25) is 9.59 Å². The van der Waals surface area contributed by atoms with Crippen molar-refractivity contribution in [1.29, 1.82) is 0 Å². The Morgan fingerprint density at radius 2 is 1.44 bits per heavy atom. The second-order valence-electron chi connectivity index (χ2n) is 6.77. The first kappa shape index (κ1) is 17.1. The minimum atomic E-state index is -1.04. The maximum absolute atomic E-state index is 13.0. The molecule has 4 nitrogen and oxygen atoms in total. The first-order valence-electron chi connectivity index (χ1n) is 8.28. The van der Waals surface area contributed by atoms with Gasteiger partial charge in [-0.1, -0.05) is 17.7 Å². The van der Waals surface area contributed by atoms with Crippen molar-refractivity contribution in [3.63, 3.8) is 0 Å². The van der Waals surface area contributed by atoms with Crippen LogP contribution in [0.5, 0.6) is 0 Å². The molecule has 2 amide bonds. The molecule has 0 atom stereocenters. The van der Waals surface area contributed by atoms with E-state index in [1.807, 2.05) is 32.9 Å². The number of carbonyl (C=O) groups is 2. The van der Waals surface area contributed by atoms with E-state index >= 15 is 0 Å². The molecule has 2 aromatic carbocycles. The predicted octanol–water partition coefficient (Wildman–Crippen LogP) is 4.11. The van der Waals surface area contributed by atoms with Gasteiger partial charge in [0.1, 0.15) is 11.2 Å². The lowest BCUT2D eigenvalue weighted by atomic mass is 10.0. The van der Waals surface area contributed by atoms with Crippen LogP contribution in [0.4, 0.5) is 15.8 Å². The van der Waals surface area contributed by atoms with E-state index in [2.05, 4.69) is 10.6 Å². The van der Waals surface area contributed by atoms with Crippen LogP contribution < -0.4 is 10.6 Å². The third-order valence-electron chi connectivity index (χ3n) is 4.64. The van der Waals surface area contributed by atoms with Crippen LogP contribution in [0.2, 0.25) is 0 Å². The van der Waals surface area contributed by atoms with Crippen LogP contribution in [-0.2, 0) is 9.59 Å².